The summed E-state index contributed by atoms with van der Waals surface area (Å²) >= 11 is 8.05. The first-order valence-corrected chi connectivity index (χ1v) is 7.68. The van der Waals surface area contributed by atoms with Gasteiger partial charge in [-0.25, -0.2) is 9.18 Å². The maximum atomic E-state index is 13.0. The van der Waals surface area contributed by atoms with Gasteiger partial charge in [0.15, 0.2) is 0 Å². The normalized spacial score (nSPS) is 10.9. The third-order valence-corrected chi connectivity index (χ3v) is 3.97. The Morgan fingerprint density at radius 2 is 2.09 bits per heavy atom. The van der Waals surface area contributed by atoms with Crippen LogP contribution in [-0.4, -0.2) is 11.1 Å². The van der Waals surface area contributed by atoms with E-state index in [1.54, 1.807) is 18.2 Å². The molecule has 0 bridgehead atoms. The Labute approximate surface area is 145 Å². The molecule has 0 atom stereocenters. The third kappa shape index (κ3) is 4.71. The number of ether oxygens (including phenoxy) is 1. The lowest BCUT2D eigenvalue weighted by molar-refractivity contribution is -0.131. The van der Waals surface area contributed by atoms with Gasteiger partial charge < -0.3 is 9.84 Å². The molecule has 22 heavy (non-hydrogen) atoms. The molecule has 0 radical (unpaired) electrons. The molecule has 0 aromatic heterocycles. The van der Waals surface area contributed by atoms with Crippen LogP contribution in [0.3, 0.4) is 0 Å². The van der Waals surface area contributed by atoms with E-state index in [1.165, 1.54) is 18.2 Å². The van der Waals surface area contributed by atoms with Crippen molar-refractivity contribution < 1.29 is 19.0 Å². The molecule has 0 unspecified atom stereocenters. The highest BCUT2D eigenvalue weighted by Gasteiger charge is 2.06. The van der Waals surface area contributed by atoms with Crippen molar-refractivity contribution >= 4 is 46.2 Å². The average molecular weight is 433 g/mol. The Hall–Kier alpha value is -1.60. The van der Waals surface area contributed by atoms with Crippen LogP contribution >= 0.6 is 34.2 Å². The standard InChI is InChI=1S/C16H11ClFIO3/c17-13-8-12(18)4-3-11(13)9-22-15-5-1-10(7-14(15)19)2-6-16(20)21/h1-8H,9H2,(H,20,21)/b6-2+. The first kappa shape index (κ1) is 16.8. The molecule has 2 aromatic carbocycles. The second-order valence-corrected chi connectivity index (χ2v) is 5.96. The van der Waals surface area contributed by atoms with Crippen LogP contribution in [0.15, 0.2) is 42.5 Å². The second-order valence-electron chi connectivity index (χ2n) is 4.39. The molecule has 0 spiro atoms. The fourth-order valence-corrected chi connectivity index (χ4v) is 2.62. The molecule has 0 amide bonds. The summed E-state index contributed by atoms with van der Waals surface area (Å²) in [6.07, 6.45) is 2.58. The smallest absolute Gasteiger partial charge is 0.328 e. The summed E-state index contributed by atoms with van der Waals surface area (Å²) in [5.41, 5.74) is 1.45. The summed E-state index contributed by atoms with van der Waals surface area (Å²) < 4.78 is 19.5. The SMILES string of the molecule is O=C(O)/C=C/c1ccc(OCc2ccc(F)cc2Cl)c(I)c1. The van der Waals surface area contributed by atoms with Crippen LogP contribution in [0.25, 0.3) is 6.08 Å². The summed E-state index contributed by atoms with van der Waals surface area (Å²) in [5, 5.41) is 8.92. The number of carbonyl (C=O) groups is 1. The van der Waals surface area contributed by atoms with E-state index in [9.17, 15) is 9.18 Å². The Morgan fingerprint density at radius 3 is 2.73 bits per heavy atom. The van der Waals surface area contributed by atoms with Crippen LogP contribution in [-0.2, 0) is 11.4 Å². The molecule has 0 aliphatic carbocycles. The zero-order valence-electron chi connectivity index (χ0n) is 11.2. The predicted molar refractivity (Wildman–Crippen MR) is 91.6 cm³/mol. The minimum Gasteiger partial charge on any atom is -0.488 e. The zero-order chi connectivity index (χ0) is 16.1. The Kier molecular flexibility index (Phi) is 5.79. The number of halogens is 3. The van der Waals surface area contributed by atoms with E-state index in [1.807, 2.05) is 6.07 Å². The highest BCUT2D eigenvalue weighted by molar-refractivity contribution is 14.1. The van der Waals surface area contributed by atoms with E-state index in [2.05, 4.69) is 22.6 Å². The maximum Gasteiger partial charge on any atom is 0.328 e. The van der Waals surface area contributed by atoms with E-state index in [0.29, 0.717) is 16.3 Å². The average Bonchev–Trinajstić information content (AvgIpc) is 2.45. The summed E-state index contributed by atoms with van der Waals surface area (Å²) in [6, 6.07) is 9.46. The van der Waals surface area contributed by atoms with Gasteiger partial charge in [-0.2, -0.15) is 0 Å². The van der Waals surface area contributed by atoms with Gasteiger partial charge in [0.05, 0.1) is 8.59 Å². The van der Waals surface area contributed by atoms with Gasteiger partial charge in [-0.15, -0.1) is 0 Å². The Bertz CT molecular complexity index is 731. The van der Waals surface area contributed by atoms with E-state index in [0.717, 1.165) is 15.2 Å². The lowest BCUT2D eigenvalue weighted by atomic mass is 10.2. The number of carboxylic acids is 1. The van der Waals surface area contributed by atoms with Gasteiger partial charge in [0, 0.05) is 11.6 Å². The summed E-state index contributed by atoms with van der Waals surface area (Å²) in [5.74, 6) is -0.743. The number of benzene rings is 2. The zero-order valence-corrected chi connectivity index (χ0v) is 14.1. The van der Waals surface area contributed by atoms with E-state index in [-0.39, 0.29) is 6.61 Å². The van der Waals surface area contributed by atoms with E-state index in [4.69, 9.17) is 21.4 Å². The molecular formula is C16H11ClFIO3. The van der Waals surface area contributed by atoms with Crippen molar-refractivity contribution in [2.75, 3.05) is 0 Å². The fraction of sp³-hybridized carbons (Fsp3) is 0.0625. The minimum absolute atomic E-state index is 0.222. The van der Waals surface area contributed by atoms with Crippen LogP contribution in [0.4, 0.5) is 4.39 Å². The maximum absolute atomic E-state index is 13.0. The lowest BCUT2D eigenvalue weighted by Gasteiger charge is -2.10. The molecule has 0 aliphatic heterocycles. The van der Waals surface area contributed by atoms with Crippen molar-refractivity contribution in [3.63, 3.8) is 0 Å². The molecule has 2 rings (SSSR count). The quantitative estimate of drug-likeness (QED) is 0.547. The van der Waals surface area contributed by atoms with Crippen molar-refractivity contribution in [2.24, 2.45) is 0 Å². The molecule has 3 nitrogen and oxygen atoms in total. The highest BCUT2D eigenvalue weighted by atomic mass is 127. The molecule has 1 N–H and O–H groups in total. The molecular weight excluding hydrogens is 422 g/mol. The van der Waals surface area contributed by atoms with Crippen LogP contribution in [0.2, 0.25) is 5.02 Å². The summed E-state index contributed by atoms with van der Waals surface area (Å²) in [7, 11) is 0. The first-order valence-electron chi connectivity index (χ1n) is 6.23. The monoisotopic (exact) mass is 432 g/mol. The second kappa shape index (κ2) is 7.60. The van der Waals surface area contributed by atoms with E-state index >= 15 is 0 Å². The predicted octanol–water partition coefficient (Wildman–Crippen LogP) is 4.76. The third-order valence-electron chi connectivity index (χ3n) is 2.77. The molecule has 0 fully saturated rings. The van der Waals surface area contributed by atoms with Crippen molar-refractivity contribution in [1.29, 1.82) is 0 Å². The van der Waals surface area contributed by atoms with Crippen molar-refractivity contribution in [3.8, 4) is 5.75 Å². The lowest BCUT2D eigenvalue weighted by Crippen LogP contribution is -1.98. The Morgan fingerprint density at radius 1 is 1.32 bits per heavy atom. The van der Waals surface area contributed by atoms with Gasteiger partial charge in [-0.05, 0) is 58.5 Å². The van der Waals surface area contributed by atoms with Crippen LogP contribution < -0.4 is 4.74 Å². The summed E-state index contributed by atoms with van der Waals surface area (Å²) in [6.45, 7) is 0.222. The first-order chi connectivity index (χ1) is 10.5. The minimum atomic E-state index is -0.999. The molecule has 114 valence electrons. The fourth-order valence-electron chi connectivity index (χ4n) is 1.70. The number of rotatable bonds is 5. The highest BCUT2D eigenvalue weighted by Crippen LogP contribution is 2.25. The van der Waals surface area contributed by atoms with Crippen LogP contribution in [0.5, 0.6) is 5.75 Å². The van der Waals surface area contributed by atoms with Gasteiger partial charge in [-0.3, -0.25) is 0 Å². The largest absolute Gasteiger partial charge is 0.488 e. The number of hydrogen-bond donors (Lipinski definition) is 1. The molecule has 2 aromatic rings. The van der Waals surface area contributed by atoms with Crippen molar-refractivity contribution in [2.45, 2.75) is 6.61 Å². The van der Waals surface area contributed by atoms with Gasteiger partial charge >= 0.3 is 5.97 Å². The number of aliphatic carboxylic acids is 1. The van der Waals surface area contributed by atoms with Crippen LogP contribution in [0.1, 0.15) is 11.1 Å². The van der Waals surface area contributed by atoms with Gasteiger partial charge in [0.25, 0.3) is 0 Å². The molecule has 0 heterocycles. The number of carboxylic acid groups (broad SMARTS) is 1. The van der Waals surface area contributed by atoms with Gasteiger partial charge in [0.1, 0.15) is 18.2 Å². The van der Waals surface area contributed by atoms with Crippen molar-refractivity contribution in [3.05, 3.63) is 68.0 Å². The van der Waals surface area contributed by atoms with Gasteiger partial charge in [-0.1, -0.05) is 23.7 Å². The summed E-state index contributed by atoms with van der Waals surface area (Å²) in [4.78, 5) is 10.5. The molecule has 6 heteroatoms. The number of hydrogen-bond acceptors (Lipinski definition) is 2. The molecule has 0 saturated heterocycles. The van der Waals surface area contributed by atoms with Gasteiger partial charge in [0.2, 0.25) is 0 Å². The topological polar surface area (TPSA) is 46.5 Å². The molecule has 0 saturated carbocycles. The molecule has 0 aliphatic rings. The van der Waals surface area contributed by atoms with Crippen molar-refractivity contribution in [1.82, 2.24) is 0 Å². The van der Waals surface area contributed by atoms with Crippen LogP contribution in [0, 0.1) is 9.39 Å². The van der Waals surface area contributed by atoms with E-state index < -0.39 is 11.8 Å². The Balaban J connectivity index is 2.08.